The summed E-state index contributed by atoms with van der Waals surface area (Å²) >= 11 is 0. The first-order chi connectivity index (χ1) is 41.2. The lowest BCUT2D eigenvalue weighted by Gasteiger charge is -2.21. The highest BCUT2D eigenvalue weighted by Crippen LogP contribution is 2.45. The average molecular weight is 1270 g/mol. The van der Waals surface area contributed by atoms with Gasteiger partial charge >= 0.3 is 39.5 Å². The molecule has 2 unspecified atom stereocenters. The van der Waals surface area contributed by atoms with Gasteiger partial charge in [-0.15, -0.1) is 0 Å². The molecule has 0 amide bonds. The molecule has 0 aliphatic rings. The summed E-state index contributed by atoms with van der Waals surface area (Å²) in [5, 5.41) is 10.6. The number of aliphatic hydroxyl groups excluding tert-OH is 1. The predicted molar refractivity (Wildman–Crippen MR) is 344 cm³/mol. The number of unbranched alkanes of at least 4 members (excludes halogenated alkanes) is 33. The van der Waals surface area contributed by atoms with Gasteiger partial charge in [0, 0.05) is 25.7 Å². The number of ether oxygens (including phenoxy) is 4. The fourth-order valence-corrected chi connectivity index (χ4v) is 11.6. The van der Waals surface area contributed by atoms with E-state index in [4.69, 9.17) is 37.0 Å². The topological polar surface area (TPSA) is 237 Å². The first-order valence-electron chi connectivity index (χ1n) is 34.8. The van der Waals surface area contributed by atoms with E-state index in [0.29, 0.717) is 37.5 Å². The first-order valence-corrected chi connectivity index (χ1v) is 37.8. The fraction of sp³-hybridized carbons (Fsp3) is 0.940. The Bertz CT molecular complexity index is 1700. The van der Waals surface area contributed by atoms with Crippen LogP contribution in [0.2, 0.25) is 0 Å². The summed E-state index contributed by atoms with van der Waals surface area (Å²) in [6.07, 6.45) is 40.4. The number of hydrogen-bond acceptors (Lipinski definition) is 15. The number of phosphoric ester groups is 2. The molecule has 17 nitrogen and oxygen atoms in total. The number of carbonyl (C=O) groups is 4. The third-order valence-electron chi connectivity index (χ3n) is 15.4. The average Bonchev–Trinajstić information content (AvgIpc) is 3.68. The van der Waals surface area contributed by atoms with Crippen LogP contribution in [0.15, 0.2) is 0 Å². The fourth-order valence-electron chi connectivity index (χ4n) is 10.0. The summed E-state index contributed by atoms with van der Waals surface area (Å²) in [6, 6.07) is 0. The molecule has 0 bridgehead atoms. The van der Waals surface area contributed by atoms with Crippen LogP contribution in [0.25, 0.3) is 0 Å². The lowest BCUT2D eigenvalue weighted by molar-refractivity contribution is -0.161. The molecule has 0 spiro atoms. The zero-order chi connectivity index (χ0) is 63.8. The molecule has 0 aliphatic carbocycles. The Kier molecular flexibility index (Phi) is 56.9. The zero-order valence-corrected chi connectivity index (χ0v) is 57.6. The van der Waals surface area contributed by atoms with Crippen LogP contribution in [0.1, 0.15) is 331 Å². The van der Waals surface area contributed by atoms with Crippen LogP contribution in [0.5, 0.6) is 0 Å². The summed E-state index contributed by atoms with van der Waals surface area (Å²) in [4.78, 5) is 72.3. The van der Waals surface area contributed by atoms with Gasteiger partial charge in [-0.05, 0) is 43.4 Å². The van der Waals surface area contributed by atoms with Crippen molar-refractivity contribution in [2.45, 2.75) is 349 Å². The van der Waals surface area contributed by atoms with E-state index in [2.05, 4.69) is 48.5 Å². The molecule has 86 heavy (non-hydrogen) atoms. The maximum Gasteiger partial charge on any atom is 0.472 e. The Balaban J connectivity index is 5.22. The van der Waals surface area contributed by atoms with E-state index in [1.165, 1.54) is 135 Å². The van der Waals surface area contributed by atoms with Crippen molar-refractivity contribution < 1.29 is 80.2 Å². The molecule has 0 radical (unpaired) electrons. The van der Waals surface area contributed by atoms with E-state index in [1.807, 2.05) is 0 Å². The number of phosphoric acid groups is 2. The third kappa shape index (κ3) is 60.9. The van der Waals surface area contributed by atoms with Gasteiger partial charge in [-0.2, -0.15) is 0 Å². The molecule has 0 aromatic carbocycles. The molecule has 0 saturated carbocycles. The summed E-state index contributed by atoms with van der Waals surface area (Å²) in [5.41, 5.74) is 0. The van der Waals surface area contributed by atoms with E-state index in [1.54, 1.807) is 0 Å². The Morgan fingerprint density at radius 1 is 0.314 bits per heavy atom. The molecular formula is C67H130O17P2. The Morgan fingerprint density at radius 3 is 0.791 bits per heavy atom. The number of hydrogen-bond donors (Lipinski definition) is 3. The summed E-state index contributed by atoms with van der Waals surface area (Å²) in [7, 11) is -9.89. The summed E-state index contributed by atoms with van der Waals surface area (Å²) in [6.45, 7) is 11.7. The maximum atomic E-state index is 13.0. The van der Waals surface area contributed by atoms with Gasteiger partial charge in [-0.1, -0.05) is 280 Å². The Labute approximate surface area is 524 Å². The lowest BCUT2D eigenvalue weighted by atomic mass is 10.0. The van der Waals surface area contributed by atoms with Crippen molar-refractivity contribution in [2.24, 2.45) is 17.8 Å². The molecule has 0 aromatic rings. The third-order valence-corrected chi connectivity index (χ3v) is 17.3. The number of carbonyl (C=O) groups excluding carboxylic acids is 4. The highest BCUT2D eigenvalue weighted by Gasteiger charge is 2.30. The summed E-state index contributed by atoms with van der Waals surface area (Å²) < 4.78 is 68.1. The van der Waals surface area contributed by atoms with Crippen LogP contribution < -0.4 is 0 Å². The summed E-state index contributed by atoms with van der Waals surface area (Å²) in [5.74, 6) is 0.0537. The van der Waals surface area contributed by atoms with Crippen molar-refractivity contribution in [1.82, 2.24) is 0 Å². The maximum absolute atomic E-state index is 13.0. The largest absolute Gasteiger partial charge is 0.472 e. The molecule has 0 heterocycles. The lowest BCUT2D eigenvalue weighted by Crippen LogP contribution is -2.30. The van der Waals surface area contributed by atoms with Crippen molar-refractivity contribution in [3.63, 3.8) is 0 Å². The van der Waals surface area contributed by atoms with Gasteiger partial charge in [0.1, 0.15) is 19.3 Å². The van der Waals surface area contributed by atoms with E-state index >= 15 is 0 Å². The Morgan fingerprint density at radius 2 is 0.535 bits per heavy atom. The number of esters is 4. The predicted octanol–water partition coefficient (Wildman–Crippen LogP) is 18.7. The van der Waals surface area contributed by atoms with Crippen LogP contribution in [0.3, 0.4) is 0 Å². The SMILES string of the molecule is CCCCCCCCCCCCC(=O)OC[C@H](COP(=O)(O)OC[C@H](O)COP(=O)(O)OC[C@@H](COC(=O)CCCCCCCCCC(C)C)OC(=O)CCCCCCCCCCCCCCCC(C)C)OC(=O)CCCCCCCCCC(C)C. The molecule has 0 rings (SSSR count). The molecule has 5 atom stereocenters. The van der Waals surface area contributed by atoms with Crippen LogP contribution in [-0.2, 0) is 65.4 Å². The second kappa shape index (κ2) is 58.2. The van der Waals surface area contributed by atoms with E-state index < -0.39 is 97.5 Å². The van der Waals surface area contributed by atoms with Gasteiger partial charge in [-0.25, -0.2) is 9.13 Å². The standard InChI is InChI=1S/C67H130O17P2/c1-8-9-10-11-12-13-20-27-34-41-48-64(69)77-54-63(84-67(72)51-44-37-30-23-26-33-40-47-60(6)7)57-82-86(75,76)80-53-61(68)52-79-85(73,74)81-56-62(55-78-65(70)49-42-35-29-22-25-32-39-46-59(4)5)83-66(71)50-43-36-28-21-18-16-14-15-17-19-24-31-38-45-58(2)3/h58-63,68H,8-57H2,1-7H3,(H,73,74)(H,75,76)/t61-,62-,63-/m1/s1. The smallest absolute Gasteiger partial charge is 0.462 e. The van der Waals surface area contributed by atoms with Gasteiger partial charge in [0.05, 0.1) is 26.4 Å². The minimum atomic E-state index is -4.95. The van der Waals surface area contributed by atoms with Gasteiger partial charge in [0.15, 0.2) is 12.2 Å². The molecule has 0 fully saturated rings. The van der Waals surface area contributed by atoms with Gasteiger partial charge < -0.3 is 33.8 Å². The molecular weight excluding hydrogens is 1140 g/mol. The molecule has 19 heteroatoms. The highest BCUT2D eigenvalue weighted by atomic mass is 31.2. The zero-order valence-electron chi connectivity index (χ0n) is 55.8. The monoisotopic (exact) mass is 1270 g/mol. The van der Waals surface area contributed by atoms with Gasteiger partial charge in [-0.3, -0.25) is 37.3 Å². The van der Waals surface area contributed by atoms with E-state index in [0.717, 1.165) is 102 Å². The normalized spacial score (nSPS) is 14.3. The van der Waals surface area contributed by atoms with Gasteiger partial charge in [0.25, 0.3) is 0 Å². The number of rotatable bonds is 65. The van der Waals surface area contributed by atoms with Crippen molar-refractivity contribution >= 4 is 39.5 Å². The van der Waals surface area contributed by atoms with Crippen LogP contribution in [0.4, 0.5) is 0 Å². The van der Waals surface area contributed by atoms with E-state index in [9.17, 15) is 43.2 Å². The van der Waals surface area contributed by atoms with Crippen LogP contribution in [0, 0.1) is 17.8 Å². The van der Waals surface area contributed by atoms with Crippen LogP contribution >= 0.6 is 15.6 Å². The van der Waals surface area contributed by atoms with Crippen molar-refractivity contribution in [3.05, 3.63) is 0 Å². The van der Waals surface area contributed by atoms with Crippen molar-refractivity contribution in [3.8, 4) is 0 Å². The van der Waals surface area contributed by atoms with Crippen LogP contribution in [-0.4, -0.2) is 96.7 Å². The second-order valence-corrected chi connectivity index (χ2v) is 28.5. The first kappa shape index (κ1) is 84.1. The van der Waals surface area contributed by atoms with Gasteiger partial charge in [0.2, 0.25) is 0 Å². The van der Waals surface area contributed by atoms with Crippen molar-refractivity contribution in [2.75, 3.05) is 39.6 Å². The molecule has 3 N–H and O–H groups in total. The molecule has 0 aliphatic heterocycles. The molecule has 0 aromatic heterocycles. The number of aliphatic hydroxyl groups is 1. The highest BCUT2D eigenvalue weighted by molar-refractivity contribution is 7.47. The van der Waals surface area contributed by atoms with E-state index in [-0.39, 0.29) is 25.7 Å². The minimum Gasteiger partial charge on any atom is -0.462 e. The second-order valence-electron chi connectivity index (χ2n) is 25.6. The quantitative estimate of drug-likeness (QED) is 0.0222. The van der Waals surface area contributed by atoms with Crippen molar-refractivity contribution in [1.29, 1.82) is 0 Å². The molecule has 510 valence electrons. The minimum absolute atomic E-state index is 0.103. The molecule has 0 saturated heterocycles. The Hall–Kier alpha value is -1.94.